The van der Waals surface area contributed by atoms with Crippen molar-refractivity contribution in [2.24, 2.45) is 11.8 Å². The van der Waals surface area contributed by atoms with E-state index in [4.69, 9.17) is 16.0 Å². The first kappa shape index (κ1) is 24.8. The number of alkyl halides is 3. The van der Waals surface area contributed by atoms with Crippen LogP contribution in [0.1, 0.15) is 39.8 Å². The predicted octanol–water partition coefficient (Wildman–Crippen LogP) is 6.29. The van der Waals surface area contributed by atoms with E-state index in [1.807, 2.05) is 19.1 Å². The van der Waals surface area contributed by atoms with Gasteiger partial charge in [-0.05, 0) is 54.5 Å². The third-order valence-electron chi connectivity index (χ3n) is 7.20. The van der Waals surface area contributed by atoms with Crippen molar-refractivity contribution < 1.29 is 22.4 Å². The Morgan fingerprint density at radius 2 is 1.81 bits per heavy atom. The van der Waals surface area contributed by atoms with Crippen LogP contribution in [0.4, 0.5) is 13.2 Å². The van der Waals surface area contributed by atoms with Crippen LogP contribution < -0.4 is 0 Å². The highest BCUT2D eigenvalue weighted by Crippen LogP contribution is 2.40. The summed E-state index contributed by atoms with van der Waals surface area (Å²) in [4.78, 5) is 21.0. The summed E-state index contributed by atoms with van der Waals surface area (Å²) < 4.78 is 46.2. The van der Waals surface area contributed by atoms with Crippen LogP contribution in [0, 0.1) is 25.7 Å². The molecule has 0 bridgehead atoms. The maximum atomic E-state index is 13.7. The largest absolute Gasteiger partial charge is 0.452 e. The smallest absolute Gasteiger partial charge is 0.431 e. The van der Waals surface area contributed by atoms with Crippen molar-refractivity contribution in [2.45, 2.75) is 25.6 Å². The lowest BCUT2D eigenvalue weighted by molar-refractivity contribution is -0.153. The zero-order valence-corrected chi connectivity index (χ0v) is 20.5. The standard InChI is InChI=1S/C27H26ClF3N3O2/c1-3-22(18-10-9-16(2)21(28)11-18)33-12-19-14-34(15-20(19)13-33)26(35)23-24(27(29,30)31)36-25(32-23)17-7-5-4-6-8-17/h4-11,19-20,22H,1,3,12-15H2,2H3. The average Bonchev–Trinajstić information content (AvgIpc) is 3.55. The topological polar surface area (TPSA) is 49.6 Å². The van der Waals surface area contributed by atoms with Crippen molar-refractivity contribution in [1.82, 2.24) is 14.8 Å². The monoisotopic (exact) mass is 516 g/mol. The summed E-state index contributed by atoms with van der Waals surface area (Å²) in [5, 5.41) is 0.713. The fourth-order valence-electron chi connectivity index (χ4n) is 5.34. The molecule has 1 radical (unpaired) electrons. The number of aryl methyl sites for hydroxylation is 1. The molecule has 1 aromatic heterocycles. The van der Waals surface area contributed by atoms with E-state index in [0.29, 0.717) is 30.1 Å². The van der Waals surface area contributed by atoms with E-state index < -0.39 is 23.5 Å². The summed E-state index contributed by atoms with van der Waals surface area (Å²) >= 11 is 6.34. The van der Waals surface area contributed by atoms with E-state index in [-0.39, 0.29) is 23.8 Å². The van der Waals surface area contributed by atoms with E-state index in [1.54, 1.807) is 30.3 Å². The van der Waals surface area contributed by atoms with Gasteiger partial charge in [0.25, 0.3) is 5.91 Å². The first-order valence-electron chi connectivity index (χ1n) is 11.9. The molecule has 0 aliphatic carbocycles. The Labute approximate surface area is 212 Å². The number of benzene rings is 2. The Balaban J connectivity index is 1.32. The van der Waals surface area contributed by atoms with Crippen LogP contribution in [-0.4, -0.2) is 46.9 Å². The van der Waals surface area contributed by atoms with Crippen LogP contribution in [0.3, 0.4) is 0 Å². The van der Waals surface area contributed by atoms with Gasteiger partial charge in [0.15, 0.2) is 5.69 Å². The number of nitrogens with zero attached hydrogens (tertiary/aromatic N) is 3. The molecule has 2 aliphatic heterocycles. The molecule has 2 fully saturated rings. The zero-order chi connectivity index (χ0) is 25.6. The minimum Gasteiger partial charge on any atom is -0.431 e. The van der Waals surface area contributed by atoms with Gasteiger partial charge in [-0.15, -0.1) is 0 Å². The number of carbonyl (C=O) groups excluding carboxylic acids is 1. The van der Waals surface area contributed by atoms with Crippen LogP contribution in [0.5, 0.6) is 0 Å². The van der Waals surface area contributed by atoms with Gasteiger partial charge in [0.1, 0.15) is 0 Å². The van der Waals surface area contributed by atoms with Gasteiger partial charge in [-0.25, -0.2) is 4.98 Å². The maximum Gasteiger partial charge on any atom is 0.452 e. The molecule has 5 nitrogen and oxygen atoms in total. The SMILES string of the molecule is [CH2]CC(c1ccc(C)c(Cl)c1)N1CC2CN(C(=O)c3nc(-c4ccccc4)oc3C(F)(F)F)CC2C1. The summed E-state index contributed by atoms with van der Waals surface area (Å²) in [5.74, 6) is -1.98. The highest BCUT2D eigenvalue weighted by Gasteiger charge is 2.47. The van der Waals surface area contributed by atoms with Crippen molar-refractivity contribution in [3.05, 3.63) is 83.1 Å². The summed E-state index contributed by atoms with van der Waals surface area (Å²) in [6.07, 6.45) is -4.16. The number of aromatic nitrogens is 1. The van der Waals surface area contributed by atoms with E-state index in [1.165, 1.54) is 4.90 Å². The van der Waals surface area contributed by atoms with Gasteiger partial charge in [-0.3, -0.25) is 9.69 Å². The fraction of sp³-hybridized carbons (Fsp3) is 0.370. The number of fused-ring (bicyclic) bond motifs is 1. The Morgan fingerprint density at radius 1 is 1.14 bits per heavy atom. The van der Waals surface area contributed by atoms with Crippen LogP contribution in [0.2, 0.25) is 5.02 Å². The molecule has 9 heteroatoms. The number of hydrogen-bond donors (Lipinski definition) is 0. The van der Waals surface area contributed by atoms with E-state index >= 15 is 0 Å². The van der Waals surface area contributed by atoms with Gasteiger partial charge in [-0.1, -0.05) is 48.9 Å². The van der Waals surface area contributed by atoms with Crippen molar-refractivity contribution in [3.63, 3.8) is 0 Å². The van der Waals surface area contributed by atoms with Gasteiger partial charge < -0.3 is 9.32 Å². The maximum absolute atomic E-state index is 13.7. The zero-order valence-electron chi connectivity index (χ0n) is 19.8. The number of likely N-dealkylation sites (tertiary alicyclic amines) is 2. The predicted molar refractivity (Wildman–Crippen MR) is 130 cm³/mol. The van der Waals surface area contributed by atoms with E-state index in [2.05, 4.69) is 22.9 Å². The molecule has 0 N–H and O–H groups in total. The normalized spacial score (nSPS) is 21.1. The minimum atomic E-state index is -4.83. The molecule has 3 unspecified atom stereocenters. The molecule has 2 saturated heterocycles. The molecule has 3 aromatic rings. The average molecular weight is 517 g/mol. The molecule has 0 spiro atoms. The molecule has 2 aromatic carbocycles. The number of carbonyl (C=O) groups is 1. The lowest BCUT2D eigenvalue weighted by atomic mass is 10.0. The molecular weight excluding hydrogens is 491 g/mol. The Bertz CT molecular complexity index is 1250. The van der Waals surface area contributed by atoms with Crippen molar-refractivity contribution in [2.75, 3.05) is 26.2 Å². The van der Waals surface area contributed by atoms with Crippen LogP contribution in [-0.2, 0) is 6.18 Å². The second-order valence-electron chi connectivity index (χ2n) is 9.56. The van der Waals surface area contributed by atoms with Crippen molar-refractivity contribution in [3.8, 4) is 11.5 Å². The van der Waals surface area contributed by atoms with Gasteiger partial charge in [0.2, 0.25) is 11.7 Å². The fourth-order valence-corrected chi connectivity index (χ4v) is 5.53. The minimum absolute atomic E-state index is 0.0960. The number of halogens is 4. The quantitative estimate of drug-likeness (QED) is 0.400. The highest BCUT2D eigenvalue weighted by molar-refractivity contribution is 6.31. The summed E-state index contributed by atoms with van der Waals surface area (Å²) in [6.45, 7) is 8.31. The summed E-state index contributed by atoms with van der Waals surface area (Å²) in [6, 6.07) is 14.4. The van der Waals surface area contributed by atoms with Crippen molar-refractivity contribution >= 4 is 17.5 Å². The van der Waals surface area contributed by atoms with Gasteiger partial charge >= 0.3 is 6.18 Å². The molecule has 3 atom stereocenters. The highest BCUT2D eigenvalue weighted by atomic mass is 35.5. The molecule has 3 heterocycles. The van der Waals surface area contributed by atoms with Gasteiger partial charge in [-0.2, -0.15) is 13.2 Å². The first-order valence-corrected chi connectivity index (χ1v) is 12.3. The molecule has 1 amide bonds. The Morgan fingerprint density at radius 3 is 2.39 bits per heavy atom. The lowest BCUT2D eigenvalue weighted by Gasteiger charge is -2.29. The molecule has 5 rings (SSSR count). The summed E-state index contributed by atoms with van der Waals surface area (Å²) in [5.41, 5.74) is 1.81. The number of amides is 1. The molecule has 2 aliphatic rings. The van der Waals surface area contributed by atoms with E-state index in [9.17, 15) is 18.0 Å². The lowest BCUT2D eigenvalue weighted by Crippen LogP contribution is -2.35. The molecule has 36 heavy (non-hydrogen) atoms. The Kier molecular flexibility index (Phi) is 6.59. The van der Waals surface area contributed by atoms with Crippen molar-refractivity contribution in [1.29, 1.82) is 0 Å². The van der Waals surface area contributed by atoms with Gasteiger partial charge in [0.05, 0.1) is 0 Å². The third-order valence-corrected chi connectivity index (χ3v) is 7.61. The summed E-state index contributed by atoms with van der Waals surface area (Å²) in [7, 11) is 0. The van der Waals surface area contributed by atoms with Crippen LogP contribution in [0.15, 0.2) is 52.9 Å². The van der Waals surface area contributed by atoms with Gasteiger partial charge in [0, 0.05) is 42.8 Å². The van der Waals surface area contributed by atoms with Crippen LogP contribution >= 0.6 is 11.6 Å². The molecule has 0 saturated carbocycles. The third kappa shape index (κ3) is 4.64. The second kappa shape index (κ2) is 9.56. The number of hydrogen-bond acceptors (Lipinski definition) is 4. The number of oxazole rings is 1. The number of rotatable bonds is 5. The molecule has 189 valence electrons. The first-order chi connectivity index (χ1) is 17.2. The van der Waals surface area contributed by atoms with Crippen LogP contribution in [0.25, 0.3) is 11.5 Å². The van der Waals surface area contributed by atoms with E-state index in [0.717, 1.165) is 24.2 Å². The second-order valence-corrected chi connectivity index (χ2v) is 9.97. The molecular formula is C27H26ClF3N3O2. The Hall–Kier alpha value is -2.84.